The molecule has 3 rings (SSSR count). The second-order valence-corrected chi connectivity index (χ2v) is 8.32. The SMILES string of the molecule is CS(=O)(=O)Nc1cc(NC(=O)c2ccc(-c3ccc(C(F)(F)F)cc3)nc2)ccc1O. The molecule has 0 aliphatic heterocycles. The number of nitrogens with zero attached hydrogens (tertiary/aromatic N) is 1. The molecule has 1 heterocycles. The molecule has 31 heavy (non-hydrogen) atoms. The number of aromatic hydroxyl groups is 1. The van der Waals surface area contributed by atoms with Gasteiger partial charge in [0, 0.05) is 17.4 Å². The molecule has 162 valence electrons. The summed E-state index contributed by atoms with van der Waals surface area (Å²) in [5.74, 6) is -0.867. The Morgan fingerprint density at radius 2 is 1.71 bits per heavy atom. The third-order valence-corrected chi connectivity index (χ3v) is 4.67. The summed E-state index contributed by atoms with van der Waals surface area (Å²) in [5, 5.41) is 12.3. The smallest absolute Gasteiger partial charge is 0.416 e. The molecule has 11 heteroatoms. The number of phenolic OH excluding ortho intramolecular Hbond substituents is 1. The highest BCUT2D eigenvalue weighted by molar-refractivity contribution is 7.92. The van der Waals surface area contributed by atoms with E-state index in [1.807, 2.05) is 0 Å². The highest BCUT2D eigenvalue weighted by atomic mass is 32.2. The largest absolute Gasteiger partial charge is 0.506 e. The van der Waals surface area contributed by atoms with Crippen LogP contribution in [0.3, 0.4) is 0 Å². The second-order valence-electron chi connectivity index (χ2n) is 6.57. The zero-order valence-electron chi connectivity index (χ0n) is 15.9. The van der Waals surface area contributed by atoms with Crippen LogP contribution in [0.2, 0.25) is 0 Å². The number of rotatable bonds is 5. The molecule has 0 fully saturated rings. The van der Waals surface area contributed by atoms with E-state index in [1.165, 1.54) is 48.7 Å². The summed E-state index contributed by atoms with van der Waals surface area (Å²) in [5.41, 5.74) is 0.355. The number of alkyl halides is 3. The third kappa shape index (κ3) is 5.72. The molecular formula is C20H16F3N3O4S. The van der Waals surface area contributed by atoms with Gasteiger partial charge in [-0.05, 0) is 42.5 Å². The van der Waals surface area contributed by atoms with Crippen LogP contribution in [0, 0.1) is 0 Å². The van der Waals surface area contributed by atoms with E-state index in [0.29, 0.717) is 11.3 Å². The van der Waals surface area contributed by atoms with Gasteiger partial charge in [0.15, 0.2) is 0 Å². The van der Waals surface area contributed by atoms with Gasteiger partial charge in [0.2, 0.25) is 10.0 Å². The average Bonchev–Trinajstić information content (AvgIpc) is 2.69. The van der Waals surface area contributed by atoms with Gasteiger partial charge in [0.25, 0.3) is 5.91 Å². The van der Waals surface area contributed by atoms with E-state index in [4.69, 9.17) is 0 Å². The van der Waals surface area contributed by atoms with Gasteiger partial charge in [-0.15, -0.1) is 0 Å². The first-order valence-electron chi connectivity index (χ1n) is 8.68. The van der Waals surface area contributed by atoms with E-state index in [1.54, 1.807) is 0 Å². The van der Waals surface area contributed by atoms with Gasteiger partial charge in [-0.25, -0.2) is 8.42 Å². The minimum Gasteiger partial charge on any atom is -0.506 e. The molecule has 0 aliphatic carbocycles. The number of pyridine rings is 1. The number of benzene rings is 2. The highest BCUT2D eigenvalue weighted by Crippen LogP contribution is 2.31. The Morgan fingerprint density at radius 1 is 1.03 bits per heavy atom. The maximum atomic E-state index is 12.7. The molecule has 0 atom stereocenters. The van der Waals surface area contributed by atoms with Crippen LogP contribution in [0.4, 0.5) is 24.5 Å². The van der Waals surface area contributed by atoms with E-state index in [9.17, 15) is 31.5 Å². The Labute approximate surface area is 175 Å². The van der Waals surface area contributed by atoms with Crippen molar-refractivity contribution in [2.24, 2.45) is 0 Å². The predicted octanol–water partition coefficient (Wildman–Crippen LogP) is 4.10. The van der Waals surface area contributed by atoms with Gasteiger partial charge in [-0.2, -0.15) is 13.2 Å². The molecule has 1 aromatic heterocycles. The van der Waals surface area contributed by atoms with Crippen molar-refractivity contribution < 1.29 is 31.5 Å². The molecule has 0 aliphatic rings. The number of sulfonamides is 1. The molecule has 0 spiro atoms. The molecule has 0 bridgehead atoms. The summed E-state index contributed by atoms with van der Waals surface area (Å²) in [4.78, 5) is 16.5. The summed E-state index contributed by atoms with van der Waals surface area (Å²) in [6.07, 6.45) is -2.25. The van der Waals surface area contributed by atoms with Crippen molar-refractivity contribution in [2.45, 2.75) is 6.18 Å². The summed E-state index contributed by atoms with van der Waals surface area (Å²) >= 11 is 0. The van der Waals surface area contributed by atoms with Crippen molar-refractivity contribution in [2.75, 3.05) is 16.3 Å². The van der Waals surface area contributed by atoms with E-state index >= 15 is 0 Å². The summed E-state index contributed by atoms with van der Waals surface area (Å²) in [6.45, 7) is 0. The topological polar surface area (TPSA) is 108 Å². The lowest BCUT2D eigenvalue weighted by molar-refractivity contribution is -0.137. The summed E-state index contributed by atoms with van der Waals surface area (Å²) in [6, 6.07) is 11.3. The number of anilines is 2. The van der Waals surface area contributed by atoms with Crippen molar-refractivity contribution >= 4 is 27.3 Å². The van der Waals surface area contributed by atoms with Crippen LogP contribution in [-0.2, 0) is 16.2 Å². The van der Waals surface area contributed by atoms with Gasteiger partial charge in [0.1, 0.15) is 5.75 Å². The minimum absolute atomic E-state index is 0.101. The van der Waals surface area contributed by atoms with E-state index in [2.05, 4.69) is 15.0 Å². The zero-order chi connectivity index (χ0) is 22.8. The number of amides is 1. The molecule has 7 nitrogen and oxygen atoms in total. The lowest BCUT2D eigenvalue weighted by Gasteiger charge is -2.10. The van der Waals surface area contributed by atoms with Crippen molar-refractivity contribution in [1.29, 1.82) is 0 Å². The maximum Gasteiger partial charge on any atom is 0.416 e. The number of nitrogens with one attached hydrogen (secondary N) is 2. The van der Waals surface area contributed by atoms with Gasteiger partial charge < -0.3 is 10.4 Å². The first-order valence-corrected chi connectivity index (χ1v) is 10.6. The normalized spacial score (nSPS) is 11.7. The monoisotopic (exact) mass is 451 g/mol. The molecule has 1 amide bonds. The van der Waals surface area contributed by atoms with E-state index in [-0.39, 0.29) is 22.7 Å². The van der Waals surface area contributed by atoms with Crippen molar-refractivity contribution in [1.82, 2.24) is 4.98 Å². The van der Waals surface area contributed by atoms with Crippen molar-refractivity contribution in [3.63, 3.8) is 0 Å². The van der Waals surface area contributed by atoms with Crippen LogP contribution >= 0.6 is 0 Å². The molecule has 0 saturated heterocycles. The zero-order valence-corrected chi connectivity index (χ0v) is 16.8. The molecule has 0 saturated carbocycles. The first kappa shape index (κ1) is 22.1. The Balaban J connectivity index is 1.74. The van der Waals surface area contributed by atoms with Crippen LogP contribution in [0.5, 0.6) is 5.75 Å². The summed E-state index contributed by atoms with van der Waals surface area (Å²) in [7, 11) is -3.63. The molecule has 0 radical (unpaired) electrons. The number of halogens is 3. The maximum absolute atomic E-state index is 12.7. The average molecular weight is 451 g/mol. The molecule has 3 aromatic rings. The standard InChI is InChI=1S/C20H16F3N3O4S/c1-31(29,30)26-17-10-15(7-9-18(17)27)25-19(28)13-4-8-16(24-11-13)12-2-5-14(6-3-12)20(21,22)23/h2-11,26-27H,1H3,(H,25,28). The first-order chi connectivity index (χ1) is 14.4. The minimum atomic E-state index is -4.43. The lowest BCUT2D eigenvalue weighted by Crippen LogP contribution is -2.13. The van der Waals surface area contributed by atoms with Crippen LogP contribution in [-0.4, -0.2) is 30.7 Å². The van der Waals surface area contributed by atoms with Gasteiger partial charge in [-0.1, -0.05) is 12.1 Å². The third-order valence-electron chi connectivity index (χ3n) is 4.08. The van der Waals surface area contributed by atoms with Gasteiger partial charge in [-0.3, -0.25) is 14.5 Å². The van der Waals surface area contributed by atoms with E-state index < -0.39 is 27.7 Å². The number of carbonyl (C=O) groups is 1. The molecule has 3 N–H and O–H groups in total. The van der Waals surface area contributed by atoms with Gasteiger partial charge >= 0.3 is 6.18 Å². The number of aromatic nitrogens is 1. The van der Waals surface area contributed by atoms with Crippen molar-refractivity contribution in [3.05, 3.63) is 71.9 Å². The lowest BCUT2D eigenvalue weighted by atomic mass is 10.1. The molecular weight excluding hydrogens is 435 g/mol. The summed E-state index contributed by atoms with van der Waals surface area (Å²) < 4.78 is 62.8. The van der Waals surface area contributed by atoms with Crippen LogP contribution < -0.4 is 10.0 Å². The molecule has 0 unspecified atom stereocenters. The number of hydrogen-bond donors (Lipinski definition) is 3. The Hall–Kier alpha value is -3.60. The number of carbonyl (C=O) groups excluding carboxylic acids is 1. The predicted molar refractivity (Wildman–Crippen MR) is 109 cm³/mol. The fourth-order valence-corrected chi connectivity index (χ4v) is 3.19. The van der Waals surface area contributed by atoms with Gasteiger partial charge in [0.05, 0.1) is 28.8 Å². The van der Waals surface area contributed by atoms with Crippen LogP contribution in [0.1, 0.15) is 15.9 Å². The quantitative estimate of drug-likeness (QED) is 0.400. The fraction of sp³-hybridized carbons (Fsp3) is 0.100. The number of hydrogen-bond acceptors (Lipinski definition) is 5. The van der Waals surface area contributed by atoms with Crippen LogP contribution in [0.25, 0.3) is 11.3 Å². The second kappa shape index (κ2) is 8.26. The Morgan fingerprint density at radius 3 is 2.26 bits per heavy atom. The highest BCUT2D eigenvalue weighted by Gasteiger charge is 2.30. The van der Waals surface area contributed by atoms with E-state index in [0.717, 1.165) is 18.4 Å². The van der Waals surface area contributed by atoms with Crippen LogP contribution in [0.15, 0.2) is 60.8 Å². The number of phenols is 1. The molecule has 2 aromatic carbocycles. The fourth-order valence-electron chi connectivity index (χ4n) is 2.63. The van der Waals surface area contributed by atoms with Crippen molar-refractivity contribution in [3.8, 4) is 17.0 Å². The Bertz CT molecular complexity index is 1210. The Kier molecular flexibility index (Phi) is 5.89.